The Kier molecular flexibility index (Phi) is 5.15. The van der Waals surface area contributed by atoms with Crippen molar-refractivity contribution in [1.29, 1.82) is 0 Å². The molecule has 0 unspecified atom stereocenters. The van der Waals surface area contributed by atoms with E-state index in [-0.39, 0.29) is 18.6 Å². The number of nitrogens with one attached hydrogen (secondary N) is 1. The van der Waals surface area contributed by atoms with Crippen LogP contribution in [0.4, 0.5) is 0 Å². The van der Waals surface area contributed by atoms with Gasteiger partial charge in [-0.1, -0.05) is 0 Å². The van der Waals surface area contributed by atoms with Gasteiger partial charge in [-0.15, -0.1) is 0 Å². The summed E-state index contributed by atoms with van der Waals surface area (Å²) in [6, 6.07) is 0. The first-order valence-corrected chi connectivity index (χ1v) is 6.97. The van der Waals surface area contributed by atoms with Crippen LogP contribution in [0.25, 0.3) is 0 Å². The number of amides is 1. The van der Waals surface area contributed by atoms with Gasteiger partial charge in [-0.25, -0.2) is 4.79 Å². The van der Waals surface area contributed by atoms with Crippen LogP contribution < -0.4 is 5.32 Å². The Morgan fingerprint density at radius 1 is 1.21 bits per heavy atom. The number of carbonyl (C=O) groups is 2. The fourth-order valence-electron chi connectivity index (χ4n) is 2.28. The fraction of sp³-hybridized carbons (Fsp3) is 0.846. The van der Waals surface area contributed by atoms with Crippen LogP contribution >= 0.6 is 0 Å². The normalized spacial score (nSPS) is 20.5. The Balaban J connectivity index is 1.58. The molecular formula is C13H22N2O4. The summed E-state index contributed by atoms with van der Waals surface area (Å²) < 4.78 is 5.24. The van der Waals surface area contributed by atoms with Gasteiger partial charge in [0.25, 0.3) is 0 Å². The zero-order valence-corrected chi connectivity index (χ0v) is 11.1. The predicted octanol–water partition coefficient (Wildman–Crippen LogP) is 0.0782. The van der Waals surface area contributed by atoms with Crippen molar-refractivity contribution in [2.24, 2.45) is 5.92 Å². The number of hydrogen-bond donors (Lipinski definition) is 2. The van der Waals surface area contributed by atoms with Crippen molar-refractivity contribution in [2.45, 2.75) is 31.8 Å². The second kappa shape index (κ2) is 6.86. The van der Waals surface area contributed by atoms with Crippen LogP contribution in [0.15, 0.2) is 0 Å². The van der Waals surface area contributed by atoms with Gasteiger partial charge in [-0.05, 0) is 38.1 Å². The summed E-state index contributed by atoms with van der Waals surface area (Å²) in [6.45, 7) is 2.44. The van der Waals surface area contributed by atoms with E-state index in [4.69, 9.17) is 9.84 Å². The highest BCUT2D eigenvalue weighted by atomic mass is 16.5. The molecule has 1 saturated heterocycles. The summed E-state index contributed by atoms with van der Waals surface area (Å²) >= 11 is 0. The number of carboxylic acids is 1. The summed E-state index contributed by atoms with van der Waals surface area (Å²) in [5.41, 5.74) is 0. The third-order valence-corrected chi connectivity index (χ3v) is 3.64. The zero-order chi connectivity index (χ0) is 13.7. The molecule has 1 amide bonds. The molecular weight excluding hydrogens is 248 g/mol. The molecule has 2 fully saturated rings. The molecule has 0 radical (unpaired) electrons. The van der Waals surface area contributed by atoms with Crippen LogP contribution in [0.5, 0.6) is 0 Å². The summed E-state index contributed by atoms with van der Waals surface area (Å²) in [4.78, 5) is 24.1. The van der Waals surface area contributed by atoms with E-state index in [1.807, 2.05) is 4.90 Å². The molecule has 0 bridgehead atoms. The van der Waals surface area contributed by atoms with Gasteiger partial charge >= 0.3 is 5.97 Å². The average Bonchev–Trinajstić information content (AvgIpc) is 3.21. The molecule has 1 aliphatic heterocycles. The Labute approximate surface area is 113 Å². The van der Waals surface area contributed by atoms with Crippen LogP contribution in [0.2, 0.25) is 0 Å². The van der Waals surface area contributed by atoms with Gasteiger partial charge < -0.3 is 20.1 Å². The molecule has 6 nitrogen and oxygen atoms in total. The number of likely N-dealkylation sites (tertiary alicyclic amines) is 1. The van der Waals surface area contributed by atoms with Crippen molar-refractivity contribution in [3.8, 4) is 0 Å². The lowest BCUT2D eigenvalue weighted by molar-refractivity contribution is -0.146. The largest absolute Gasteiger partial charge is 0.480 e. The Hall–Kier alpha value is -1.14. The Bertz CT molecular complexity index is 323. The molecule has 0 aromatic carbocycles. The number of aliphatic carboxylic acids is 1. The molecule has 2 N–H and O–H groups in total. The number of nitrogens with zero attached hydrogens (tertiary/aromatic N) is 1. The number of carboxylic acid groups (broad SMARTS) is 1. The predicted molar refractivity (Wildman–Crippen MR) is 68.8 cm³/mol. The standard InChI is InChI=1S/C13H22N2O4/c16-12(8-14-7-10-1-2-10)15-5-3-11(4-6-15)19-9-13(17)18/h10-11,14H,1-9H2,(H,17,18). The summed E-state index contributed by atoms with van der Waals surface area (Å²) in [5, 5.41) is 11.7. The van der Waals surface area contributed by atoms with E-state index in [0.717, 1.165) is 25.3 Å². The molecule has 0 atom stereocenters. The van der Waals surface area contributed by atoms with E-state index in [1.165, 1.54) is 12.8 Å². The van der Waals surface area contributed by atoms with E-state index in [9.17, 15) is 9.59 Å². The van der Waals surface area contributed by atoms with Crippen LogP contribution in [0, 0.1) is 5.92 Å². The SMILES string of the molecule is O=C(O)COC1CCN(C(=O)CNCC2CC2)CC1. The van der Waals surface area contributed by atoms with Gasteiger partial charge in [0.05, 0.1) is 12.6 Å². The number of rotatable bonds is 7. The highest BCUT2D eigenvalue weighted by Gasteiger charge is 2.24. The monoisotopic (exact) mass is 270 g/mol. The second-order valence-electron chi connectivity index (χ2n) is 5.36. The van der Waals surface area contributed by atoms with Gasteiger partial charge in [-0.3, -0.25) is 4.79 Å². The lowest BCUT2D eigenvalue weighted by atomic mass is 10.1. The van der Waals surface area contributed by atoms with Crippen LogP contribution in [-0.2, 0) is 14.3 Å². The van der Waals surface area contributed by atoms with Crippen molar-refractivity contribution in [2.75, 3.05) is 32.8 Å². The first kappa shape index (κ1) is 14.3. The van der Waals surface area contributed by atoms with Crippen LogP contribution in [0.3, 0.4) is 0 Å². The molecule has 1 saturated carbocycles. The molecule has 2 aliphatic rings. The smallest absolute Gasteiger partial charge is 0.329 e. The lowest BCUT2D eigenvalue weighted by Crippen LogP contribution is -2.45. The minimum Gasteiger partial charge on any atom is -0.480 e. The average molecular weight is 270 g/mol. The number of piperidine rings is 1. The molecule has 0 spiro atoms. The van der Waals surface area contributed by atoms with E-state index >= 15 is 0 Å². The van der Waals surface area contributed by atoms with Crippen molar-refractivity contribution in [3.63, 3.8) is 0 Å². The van der Waals surface area contributed by atoms with Gasteiger partial charge in [0.15, 0.2) is 0 Å². The second-order valence-corrected chi connectivity index (χ2v) is 5.36. The maximum atomic E-state index is 11.9. The molecule has 2 rings (SSSR count). The quantitative estimate of drug-likeness (QED) is 0.685. The summed E-state index contributed by atoms with van der Waals surface area (Å²) in [6.07, 6.45) is 3.99. The number of carbonyl (C=O) groups excluding carboxylic acids is 1. The van der Waals surface area contributed by atoms with Crippen molar-refractivity contribution in [1.82, 2.24) is 10.2 Å². The maximum Gasteiger partial charge on any atom is 0.329 e. The highest BCUT2D eigenvalue weighted by molar-refractivity contribution is 5.78. The van der Waals surface area contributed by atoms with E-state index in [1.54, 1.807) is 0 Å². The summed E-state index contributed by atoms with van der Waals surface area (Å²) in [5.74, 6) is -0.0249. The zero-order valence-electron chi connectivity index (χ0n) is 11.1. The third-order valence-electron chi connectivity index (χ3n) is 3.64. The first-order chi connectivity index (χ1) is 9.15. The van der Waals surface area contributed by atoms with Gasteiger partial charge in [0, 0.05) is 13.1 Å². The van der Waals surface area contributed by atoms with Gasteiger partial charge in [0.2, 0.25) is 5.91 Å². The van der Waals surface area contributed by atoms with Crippen LogP contribution in [-0.4, -0.2) is 60.8 Å². The molecule has 1 aliphatic carbocycles. The molecule has 0 aromatic rings. The van der Waals surface area contributed by atoms with Crippen LogP contribution in [0.1, 0.15) is 25.7 Å². The van der Waals surface area contributed by atoms with Crippen molar-refractivity contribution >= 4 is 11.9 Å². The van der Waals surface area contributed by atoms with Crippen molar-refractivity contribution in [3.05, 3.63) is 0 Å². The Morgan fingerprint density at radius 3 is 2.47 bits per heavy atom. The maximum absolute atomic E-state index is 11.9. The van der Waals surface area contributed by atoms with E-state index in [2.05, 4.69) is 5.32 Å². The van der Waals surface area contributed by atoms with Crippen molar-refractivity contribution < 1.29 is 19.4 Å². The first-order valence-electron chi connectivity index (χ1n) is 6.97. The van der Waals surface area contributed by atoms with Gasteiger partial charge in [-0.2, -0.15) is 0 Å². The topological polar surface area (TPSA) is 78.9 Å². The molecule has 6 heteroatoms. The molecule has 108 valence electrons. The minimum absolute atomic E-state index is 0.0282. The fourth-order valence-corrected chi connectivity index (χ4v) is 2.28. The summed E-state index contributed by atoms with van der Waals surface area (Å²) in [7, 11) is 0. The third kappa shape index (κ3) is 5.16. The van der Waals surface area contributed by atoms with Gasteiger partial charge in [0.1, 0.15) is 6.61 Å². The Morgan fingerprint density at radius 2 is 1.89 bits per heavy atom. The van der Waals surface area contributed by atoms with E-state index in [0.29, 0.717) is 19.6 Å². The molecule has 0 aromatic heterocycles. The number of ether oxygens (including phenoxy) is 1. The highest BCUT2D eigenvalue weighted by Crippen LogP contribution is 2.27. The number of hydrogen-bond acceptors (Lipinski definition) is 4. The van der Waals surface area contributed by atoms with E-state index < -0.39 is 5.97 Å². The lowest BCUT2D eigenvalue weighted by Gasteiger charge is -2.31. The molecule has 19 heavy (non-hydrogen) atoms. The minimum atomic E-state index is -0.942. The molecule has 1 heterocycles.